The fourth-order valence-electron chi connectivity index (χ4n) is 4.35. The first kappa shape index (κ1) is 16.3. The van der Waals surface area contributed by atoms with Crippen molar-refractivity contribution in [3.05, 3.63) is 0 Å². The Morgan fingerprint density at radius 2 is 1.75 bits per heavy atom. The van der Waals surface area contributed by atoms with E-state index < -0.39 is 0 Å². The summed E-state index contributed by atoms with van der Waals surface area (Å²) in [6.07, 6.45) is 10.1. The van der Waals surface area contributed by atoms with Gasteiger partial charge in [0.15, 0.2) is 0 Å². The van der Waals surface area contributed by atoms with Gasteiger partial charge in [0.25, 0.3) is 0 Å². The monoisotopic (exact) mass is 280 g/mol. The van der Waals surface area contributed by atoms with Gasteiger partial charge in [-0.05, 0) is 43.6 Å². The Hall–Kier alpha value is -0.0800. The highest BCUT2D eigenvalue weighted by Crippen LogP contribution is 2.39. The minimum absolute atomic E-state index is 0.556. The van der Waals surface area contributed by atoms with E-state index in [1.54, 1.807) is 0 Å². The van der Waals surface area contributed by atoms with Crippen LogP contribution in [0.5, 0.6) is 0 Å². The van der Waals surface area contributed by atoms with Gasteiger partial charge in [-0.25, -0.2) is 0 Å². The molecule has 1 saturated carbocycles. The van der Waals surface area contributed by atoms with Crippen molar-refractivity contribution >= 4 is 0 Å². The predicted molar refractivity (Wildman–Crippen MR) is 88.1 cm³/mol. The van der Waals surface area contributed by atoms with Gasteiger partial charge >= 0.3 is 0 Å². The summed E-state index contributed by atoms with van der Waals surface area (Å²) in [4.78, 5) is 2.83. The van der Waals surface area contributed by atoms with Crippen LogP contribution in [-0.2, 0) is 0 Å². The van der Waals surface area contributed by atoms with Crippen molar-refractivity contribution in [3.8, 4) is 0 Å². The molecule has 20 heavy (non-hydrogen) atoms. The molecule has 1 atom stereocenters. The molecular formula is C18H36N2. The maximum Gasteiger partial charge on any atom is 0.0119 e. The molecule has 2 rings (SSSR count). The smallest absolute Gasteiger partial charge is 0.0119 e. The zero-order valence-corrected chi connectivity index (χ0v) is 14.3. The molecule has 0 aromatic carbocycles. The van der Waals surface area contributed by atoms with Crippen molar-refractivity contribution in [2.75, 3.05) is 19.6 Å². The molecule has 0 radical (unpaired) electrons. The summed E-state index contributed by atoms with van der Waals surface area (Å²) in [5.41, 5.74) is 0.556. The zero-order chi connectivity index (χ0) is 14.6. The van der Waals surface area contributed by atoms with Gasteiger partial charge in [-0.1, -0.05) is 47.0 Å². The highest BCUT2D eigenvalue weighted by molar-refractivity contribution is 4.92. The summed E-state index contributed by atoms with van der Waals surface area (Å²) in [5, 5.41) is 3.75. The van der Waals surface area contributed by atoms with Crippen LogP contribution < -0.4 is 5.32 Å². The minimum Gasteiger partial charge on any atom is -0.314 e. The summed E-state index contributed by atoms with van der Waals surface area (Å²) in [7, 11) is 0. The zero-order valence-electron chi connectivity index (χ0n) is 14.3. The van der Waals surface area contributed by atoms with E-state index in [-0.39, 0.29) is 0 Å². The predicted octanol–water partition coefficient (Wildman–Crippen LogP) is 4.06. The van der Waals surface area contributed by atoms with Crippen molar-refractivity contribution < 1.29 is 0 Å². The van der Waals surface area contributed by atoms with Gasteiger partial charge in [-0.2, -0.15) is 0 Å². The van der Waals surface area contributed by atoms with E-state index in [0.717, 1.165) is 12.0 Å². The van der Waals surface area contributed by atoms with Gasteiger partial charge in [0.05, 0.1) is 0 Å². The van der Waals surface area contributed by atoms with Crippen LogP contribution in [0.15, 0.2) is 0 Å². The van der Waals surface area contributed by atoms with E-state index in [1.165, 1.54) is 64.6 Å². The molecule has 0 amide bonds. The molecule has 2 nitrogen and oxygen atoms in total. The lowest BCUT2D eigenvalue weighted by Crippen LogP contribution is -2.48. The summed E-state index contributed by atoms with van der Waals surface area (Å²) in [6.45, 7) is 13.3. The summed E-state index contributed by atoms with van der Waals surface area (Å²) in [5.74, 6) is 0.816. The van der Waals surface area contributed by atoms with E-state index in [1.807, 2.05) is 0 Å². The van der Waals surface area contributed by atoms with Crippen LogP contribution in [0.4, 0.5) is 0 Å². The Bertz CT molecular complexity index is 279. The SMILES string of the molecule is CC(C)NCC1(CN2CCCC2C(C)C)CCCCC1. The second kappa shape index (κ2) is 7.26. The second-order valence-corrected chi connectivity index (χ2v) is 8.02. The van der Waals surface area contributed by atoms with Crippen LogP contribution in [0.2, 0.25) is 0 Å². The minimum atomic E-state index is 0.556. The third-order valence-electron chi connectivity index (χ3n) is 5.52. The normalized spacial score (nSPS) is 27.6. The molecule has 0 aromatic rings. The lowest BCUT2D eigenvalue weighted by atomic mass is 9.73. The standard InChI is InChI=1S/C18H36N2/c1-15(2)17-9-8-12-20(17)14-18(13-19-16(3)4)10-6-5-7-11-18/h15-17,19H,5-14H2,1-4H3. The first-order valence-corrected chi connectivity index (χ1v) is 9.00. The number of hydrogen-bond acceptors (Lipinski definition) is 2. The molecule has 1 heterocycles. The Kier molecular flexibility index (Phi) is 5.92. The fraction of sp³-hybridized carbons (Fsp3) is 1.00. The van der Waals surface area contributed by atoms with E-state index >= 15 is 0 Å². The highest BCUT2D eigenvalue weighted by Gasteiger charge is 2.37. The third-order valence-corrected chi connectivity index (χ3v) is 5.52. The van der Waals surface area contributed by atoms with Crippen LogP contribution in [0.25, 0.3) is 0 Å². The molecule has 0 bridgehead atoms. The first-order chi connectivity index (χ1) is 9.52. The number of hydrogen-bond donors (Lipinski definition) is 1. The van der Waals surface area contributed by atoms with E-state index in [9.17, 15) is 0 Å². The van der Waals surface area contributed by atoms with E-state index in [2.05, 4.69) is 37.9 Å². The molecule has 2 fully saturated rings. The number of nitrogens with zero attached hydrogens (tertiary/aromatic N) is 1. The van der Waals surface area contributed by atoms with Crippen molar-refractivity contribution in [1.82, 2.24) is 10.2 Å². The molecule has 1 aliphatic carbocycles. The van der Waals surface area contributed by atoms with Crippen LogP contribution in [-0.4, -0.2) is 36.6 Å². The molecule has 1 N–H and O–H groups in total. The van der Waals surface area contributed by atoms with Crippen LogP contribution >= 0.6 is 0 Å². The molecule has 1 unspecified atom stereocenters. The molecule has 2 aliphatic rings. The van der Waals surface area contributed by atoms with Crippen LogP contribution in [0.3, 0.4) is 0 Å². The van der Waals surface area contributed by atoms with Crippen molar-refractivity contribution in [2.45, 2.75) is 84.7 Å². The lowest BCUT2D eigenvalue weighted by molar-refractivity contribution is 0.0803. The third kappa shape index (κ3) is 4.21. The van der Waals surface area contributed by atoms with E-state index in [4.69, 9.17) is 0 Å². The second-order valence-electron chi connectivity index (χ2n) is 8.02. The fourth-order valence-corrected chi connectivity index (χ4v) is 4.35. The molecule has 1 saturated heterocycles. The molecule has 118 valence electrons. The lowest BCUT2D eigenvalue weighted by Gasteiger charge is -2.43. The largest absolute Gasteiger partial charge is 0.314 e. The van der Waals surface area contributed by atoms with Crippen molar-refractivity contribution in [1.29, 1.82) is 0 Å². The quantitative estimate of drug-likeness (QED) is 0.789. The molecule has 0 spiro atoms. The molecule has 0 aromatic heterocycles. The van der Waals surface area contributed by atoms with Crippen LogP contribution in [0.1, 0.15) is 72.6 Å². The number of rotatable bonds is 6. The average molecular weight is 280 g/mol. The van der Waals surface area contributed by atoms with Gasteiger partial charge < -0.3 is 5.32 Å². The van der Waals surface area contributed by atoms with Crippen molar-refractivity contribution in [2.24, 2.45) is 11.3 Å². The maximum atomic E-state index is 3.75. The van der Waals surface area contributed by atoms with Gasteiger partial charge in [0.1, 0.15) is 0 Å². The molecular weight excluding hydrogens is 244 g/mol. The summed E-state index contributed by atoms with van der Waals surface area (Å²) < 4.78 is 0. The summed E-state index contributed by atoms with van der Waals surface area (Å²) >= 11 is 0. The van der Waals surface area contributed by atoms with Gasteiger partial charge in [-0.15, -0.1) is 0 Å². The maximum absolute atomic E-state index is 3.75. The van der Waals surface area contributed by atoms with E-state index in [0.29, 0.717) is 11.5 Å². The Balaban J connectivity index is 1.99. The van der Waals surface area contributed by atoms with Crippen molar-refractivity contribution in [3.63, 3.8) is 0 Å². The molecule has 1 aliphatic heterocycles. The topological polar surface area (TPSA) is 15.3 Å². The van der Waals surface area contributed by atoms with Gasteiger partial charge in [-0.3, -0.25) is 4.90 Å². The Morgan fingerprint density at radius 1 is 1.05 bits per heavy atom. The highest BCUT2D eigenvalue weighted by atomic mass is 15.2. The molecule has 2 heteroatoms. The number of likely N-dealkylation sites (tertiary alicyclic amines) is 1. The van der Waals surface area contributed by atoms with Gasteiger partial charge in [0, 0.05) is 25.2 Å². The summed E-state index contributed by atoms with van der Waals surface area (Å²) in [6, 6.07) is 1.46. The first-order valence-electron chi connectivity index (χ1n) is 9.00. The average Bonchev–Trinajstić information content (AvgIpc) is 2.86. The van der Waals surface area contributed by atoms with Gasteiger partial charge in [0.2, 0.25) is 0 Å². The Morgan fingerprint density at radius 3 is 2.35 bits per heavy atom. The van der Waals surface area contributed by atoms with Crippen LogP contribution in [0, 0.1) is 11.3 Å². The Labute approximate surface area is 126 Å². The number of nitrogens with one attached hydrogen (secondary N) is 1.